The predicted molar refractivity (Wildman–Crippen MR) is 128 cm³/mol. The Morgan fingerprint density at radius 2 is 2.10 bits per heavy atom. The summed E-state index contributed by atoms with van der Waals surface area (Å²) in [5.41, 5.74) is 1.63. The lowest BCUT2D eigenvalue weighted by atomic mass is 10.1. The number of hydrogen-bond acceptors (Lipinski definition) is 7. The van der Waals surface area contributed by atoms with Crippen molar-refractivity contribution in [3.8, 4) is 17.6 Å². The van der Waals surface area contributed by atoms with Gasteiger partial charge in [0.15, 0.2) is 11.5 Å². The molecule has 1 amide bonds. The number of aromatic nitrogens is 2. The topological polar surface area (TPSA) is 97.1 Å². The molecule has 3 aromatic rings. The molecule has 9 heteroatoms. The zero-order valence-electron chi connectivity index (χ0n) is 16.9. The van der Waals surface area contributed by atoms with Gasteiger partial charge in [-0.2, -0.15) is 5.26 Å². The van der Waals surface area contributed by atoms with E-state index in [2.05, 4.69) is 38.1 Å². The van der Waals surface area contributed by atoms with Crippen LogP contribution in [0.25, 0.3) is 6.08 Å². The number of halogens is 1. The second-order valence-corrected chi connectivity index (χ2v) is 8.62. The number of ether oxygens (including phenoxy) is 2. The molecule has 0 bridgehead atoms. The fourth-order valence-electron chi connectivity index (χ4n) is 2.61. The molecule has 158 valence electrons. The lowest BCUT2D eigenvalue weighted by Gasteiger charge is -2.12. The molecule has 0 unspecified atom stereocenters. The molecule has 0 atom stereocenters. The first-order valence-electron chi connectivity index (χ1n) is 9.33. The first-order valence-corrected chi connectivity index (χ1v) is 11.2. The molecule has 31 heavy (non-hydrogen) atoms. The molecule has 0 saturated heterocycles. The third kappa shape index (κ3) is 6.26. The summed E-state index contributed by atoms with van der Waals surface area (Å²) in [6.07, 6.45) is 2.22. The van der Waals surface area contributed by atoms with Crippen LogP contribution in [0.4, 0.5) is 5.13 Å². The standard InChI is InChI=1S/C22H19IN4O3S/c1-3-20-26-27-22(31-20)25-21(28)16(12-24)9-14-7-8-18(19(11-14)29-2)30-13-15-5-4-6-17(23)10-15/h4-11H,3,13H2,1-2H3,(H,25,27,28)/b16-9+. The average Bonchev–Trinajstić information content (AvgIpc) is 3.23. The van der Waals surface area contributed by atoms with E-state index in [1.807, 2.05) is 37.3 Å². The van der Waals surface area contributed by atoms with Crippen molar-refractivity contribution in [1.82, 2.24) is 10.2 Å². The Balaban J connectivity index is 1.74. The van der Waals surface area contributed by atoms with Crippen molar-refractivity contribution in [2.75, 3.05) is 12.4 Å². The van der Waals surface area contributed by atoms with Crippen LogP contribution in [0.15, 0.2) is 48.0 Å². The highest BCUT2D eigenvalue weighted by Gasteiger charge is 2.13. The Morgan fingerprint density at radius 3 is 2.77 bits per heavy atom. The van der Waals surface area contributed by atoms with Gasteiger partial charge in [0, 0.05) is 3.57 Å². The number of nitrogens with one attached hydrogen (secondary N) is 1. The van der Waals surface area contributed by atoms with E-state index in [-0.39, 0.29) is 5.57 Å². The number of benzene rings is 2. The second kappa shape index (κ2) is 10.9. The van der Waals surface area contributed by atoms with Gasteiger partial charge in [0.05, 0.1) is 7.11 Å². The summed E-state index contributed by atoms with van der Waals surface area (Å²) in [6, 6.07) is 15.2. The molecule has 2 aromatic carbocycles. The zero-order valence-corrected chi connectivity index (χ0v) is 19.9. The van der Waals surface area contributed by atoms with Crippen molar-refractivity contribution in [2.24, 2.45) is 0 Å². The predicted octanol–water partition coefficient (Wildman–Crippen LogP) is 4.84. The van der Waals surface area contributed by atoms with Gasteiger partial charge in [-0.25, -0.2) is 0 Å². The molecule has 0 saturated carbocycles. The van der Waals surface area contributed by atoms with Gasteiger partial charge < -0.3 is 9.47 Å². The molecule has 0 radical (unpaired) electrons. The number of nitrogens with zero attached hydrogens (tertiary/aromatic N) is 3. The minimum atomic E-state index is -0.542. The van der Waals surface area contributed by atoms with E-state index >= 15 is 0 Å². The monoisotopic (exact) mass is 546 g/mol. The fourth-order valence-corrected chi connectivity index (χ4v) is 3.89. The minimum Gasteiger partial charge on any atom is -0.493 e. The van der Waals surface area contributed by atoms with Crippen molar-refractivity contribution in [2.45, 2.75) is 20.0 Å². The van der Waals surface area contributed by atoms with Crippen molar-refractivity contribution < 1.29 is 14.3 Å². The van der Waals surface area contributed by atoms with E-state index in [1.54, 1.807) is 25.3 Å². The maximum absolute atomic E-state index is 12.4. The fraction of sp³-hybridized carbons (Fsp3) is 0.182. The summed E-state index contributed by atoms with van der Waals surface area (Å²) >= 11 is 3.54. The van der Waals surface area contributed by atoms with Crippen molar-refractivity contribution in [1.29, 1.82) is 5.26 Å². The number of rotatable bonds is 8. The summed E-state index contributed by atoms with van der Waals surface area (Å²) < 4.78 is 12.4. The average molecular weight is 546 g/mol. The first kappa shape index (κ1) is 22.7. The highest BCUT2D eigenvalue weighted by Crippen LogP contribution is 2.30. The van der Waals surface area contributed by atoms with E-state index < -0.39 is 5.91 Å². The molecular formula is C22H19IN4O3S. The molecule has 1 aromatic heterocycles. The number of anilines is 1. The number of carbonyl (C=O) groups is 1. The third-order valence-electron chi connectivity index (χ3n) is 4.14. The lowest BCUT2D eigenvalue weighted by molar-refractivity contribution is -0.112. The van der Waals surface area contributed by atoms with Crippen molar-refractivity contribution >= 4 is 51.0 Å². The maximum Gasteiger partial charge on any atom is 0.268 e. The number of methoxy groups -OCH3 is 1. The van der Waals surface area contributed by atoms with Gasteiger partial charge in [0.1, 0.15) is 23.3 Å². The van der Waals surface area contributed by atoms with E-state index in [4.69, 9.17) is 9.47 Å². The van der Waals surface area contributed by atoms with Gasteiger partial charge in [0.25, 0.3) is 5.91 Å². The SMILES string of the molecule is CCc1nnc(NC(=O)/C(C#N)=C/c2ccc(OCc3cccc(I)c3)c(OC)c2)s1. The lowest BCUT2D eigenvalue weighted by Crippen LogP contribution is -2.13. The zero-order chi connectivity index (χ0) is 22.2. The van der Waals surface area contributed by atoms with E-state index in [0.29, 0.717) is 28.8 Å². The van der Waals surface area contributed by atoms with Crippen LogP contribution < -0.4 is 14.8 Å². The Hall–Kier alpha value is -2.97. The number of aryl methyl sites for hydroxylation is 1. The molecular weight excluding hydrogens is 527 g/mol. The largest absolute Gasteiger partial charge is 0.493 e. The number of hydrogen-bond donors (Lipinski definition) is 1. The van der Waals surface area contributed by atoms with Crippen LogP contribution >= 0.6 is 33.9 Å². The first-order chi connectivity index (χ1) is 15.0. The van der Waals surface area contributed by atoms with Gasteiger partial charge in [0.2, 0.25) is 5.13 Å². The van der Waals surface area contributed by atoms with Crippen LogP contribution in [0.1, 0.15) is 23.1 Å². The summed E-state index contributed by atoms with van der Waals surface area (Å²) in [7, 11) is 1.54. The molecule has 0 spiro atoms. The van der Waals surface area contributed by atoms with E-state index in [9.17, 15) is 10.1 Å². The highest BCUT2D eigenvalue weighted by molar-refractivity contribution is 14.1. The smallest absolute Gasteiger partial charge is 0.268 e. The van der Waals surface area contributed by atoms with Crippen molar-refractivity contribution in [3.63, 3.8) is 0 Å². The Kier molecular flexibility index (Phi) is 7.97. The van der Waals surface area contributed by atoms with Gasteiger partial charge in [-0.15, -0.1) is 10.2 Å². The number of amides is 1. The maximum atomic E-state index is 12.4. The van der Waals surface area contributed by atoms with Gasteiger partial charge in [-0.05, 0) is 70.5 Å². The number of carbonyl (C=O) groups excluding carboxylic acids is 1. The Morgan fingerprint density at radius 1 is 1.26 bits per heavy atom. The molecule has 1 heterocycles. The summed E-state index contributed by atoms with van der Waals surface area (Å²) in [6.45, 7) is 2.35. The van der Waals surface area contributed by atoms with E-state index in [0.717, 1.165) is 20.6 Å². The second-order valence-electron chi connectivity index (χ2n) is 6.31. The Bertz CT molecular complexity index is 1150. The molecule has 0 fully saturated rings. The van der Waals surface area contributed by atoms with Crippen LogP contribution in [-0.2, 0) is 17.8 Å². The highest BCUT2D eigenvalue weighted by atomic mass is 127. The molecule has 1 N–H and O–H groups in total. The molecule has 3 rings (SSSR count). The normalized spacial score (nSPS) is 11.0. The van der Waals surface area contributed by atoms with E-state index in [1.165, 1.54) is 17.4 Å². The number of nitriles is 1. The summed E-state index contributed by atoms with van der Waals surface area (Å²) in [5.74, 6) is 0.537. The molecule has 7 nitrogen and oxygen atoms in total. The van der Waals surface area contributed by atoms with Crippen LogP contribution in [0.2, 0.25) is 0 Å². The quantitative estimate of drug-likeness (QED) is 0.247. The Labute approximate surface area is 197 Å². The summed E-state index contributed by atoms with van der Waals surface area (Å²) in [4.78, 5) is 12.4. The third-order valence-corrected chi connectivity index (χ3v) is 5.79. The van der Waals surface area contributed by atoms with Gasteiger partial charge in [-0.1, -0.05) is 36.5 Å². The van der Waals surface area contributed by atoms with Crippen LogP contribution in [-0.4, -0.2) is 23.2 Å². The minimum absolute atomic E-state index is 0.0529. The van der Waals surface area contributed by atoms with Crippen LogP contribution in [0.3, 0.4) is 0 Å². The van der Waals surface area contributed by atoms with Gasteiger partial charge >= 0.3 is 0 Å². The van der Waals surface area contributed by atoms with Gasteiger partial charge in [-0.3, -0.25) is 10.1 Å². The van der Waals surface area contributed by atoms with Crippen LogP contribution in [0, 0.1) is 14.9 Å². The van der Waals surface area contributed by atoms with Crippen molar-refractivity contribution in [3.05, 3.63) is 67.7 Å². The molecule has 0 aliphatic carbocycles. The van der Waals surface area contributed by atoms with Crippen LogP contribution in [0.5, 0.6) is 11.5 Å². The summed E-state index contributed by atoms with van der Waals surface area (Å²) in [5, 5.41) is 21.1. The molecule has 0 aliphatic heterocycles. The molecule has 0 aliphatic rings.